The molecule has 0 fully saturated rings. The molecule has 0 aliphatic rings. The molecule has 0 radical (unpaired) electrons. The van der Waals surface area contributed by atoms with Gasteiger partial charge in [-0.05, 0) is 58.7 Å². The molecule has 25 heavy (non-hydrogen) atoms. The Morgan fingerprint density at radius 2 is 1.88 bits per heavy atom. The van der Waals surface area contributed by atoms with Gasteiger partial charge < -0.3 is 15.4 Å². The molecular weight excluding hydrogens is 391 g/mol. The summed E-state index contributed by atoms with van der Waals surface area (Å²) >= 11 is 3.21. The molecule has 0 heterocycles. The maximum atomic E-state index is 13.1. The van der Waals surface area contributed by atoms with Crippen molar-refractivity contribution in [1.82, 2.24) is 4.90 Å². The van der Waals surface area contributed by atoms with Gasteiger partial charge in [-0.1, -0.05) is 12.1 Å². The van der Waals surface area contributed by atoms with Crippen LogP contribution >= 0.6 is 15.9 Å². The van der Waals surface area contributed by atoms with E-state index in [0.29, 0.717) is 22.3 Å². The Kier molecular flexibility index (Phi) is 6.14. The number of halogens is 2. The highest BCUT2D eigenvalue weighted by Crippen LogP contribution is 2.26. The predicted octanol–water partition coefficient (Wildman–Crippen LogP) is 3.11. The van der Waals surface area contributed by atoms with Gasteiger partial charge in [0.2, 0.25) is 5.91 Å². The van der Waals surface area contributed by atoms with E-state index in [9.17, 15) is 14.0 Å². The Morgan fingerprint density at radius 1 is 1.24 bits per heavy atom. The van der Waals surface area contributed by atoms with E-state index in [1.165, 1.54) is 23.1 Å². The fourth-order valence-electron chi connectivity index (χ4n) is 2.25. The summed E-state index contributed by atoms with van der Waals surface area (Å²) in [4.78, 5) is 25.0. The number of hydrogen-bond acceptors (Lipinski definition) is 3. The summed E-state index contributed by atoms with van der Waals surface area (Å²) in [6.45, 7) is 1.99. The van der Waals surface area contributed by atoms with E-state index >= 15 is 0 Å². The van der Waals surface area contributed by atoms with Gasteiger partial charge in [-0.25, -0.2) is 4.39 Å². The van der Waals surface area contributed by atoms with Crippen molar-refractivity contribution in [3.05, 3.63) is 63.9 Å². The van der Waals surface area contributed by atoms with Crippen LogP contribution in [-0.2, 0) is 11.3 Å². The van der Waals surface area contributed by atoms with Crippen LogP contribution in [0.4, 0.5) is 4.39 Å². The largest absolute Gasteiger partial charge is 0.480 e. The lowest BCUT2D eigenvalue weighted by Gasteiger charge is -2.22. The number of nitrogens with zero attached hydrogens (tertiary/aromatic N) is 1. The van der Waals surface area contributed by atoms with Crippen molar-refractivity contribution in [2.24, 2.45) is 5.73 Å². The SMILES string of the molecule is C[C@@H](Oc1ccc(F)cc1Br)C(=O)N(C)Cc1ccc(C(N)=O)cc1. The van der Waals surface area contributed by atoms with Gasteiger partial charge in [0.1, 0.15) is 11.6 Å². The number of nitrogens with two attached hydrogens (primary N) is 1. The van der Waals surface area contributed by atoms with Gasteiger partial charge in [0.05, 0.1) is 4.47 Å². The highest BCUT2D eigenvalue weighted by atomic mass is 79.9. The third-order valence-electron chi connectivity index (χ3n) is 3.58. The first-order valence-corrected chi connectivity index (χ1v) is 8.32. The molecule has 2 rings (SSSR count). The molecule has 0 spiro atoms. The second-order valence-electron chi connectivity index (χ2n) is 5.59. The van der Waals surface area contributed by atoms with Crippen molar-refractivity contribution in [2.45, 2.75) is 19.6 Å². The van der Waals surface area contributed by atoms with Gasteiger partial charge in [-0.3, -0.25) is 9.59 Å². The molecule has 2 amide bonds. The molecule has 1 atom stereocenters. The average molecular weight is 409 g/mol. The number of hydrogen-bond donors (Lipinski definition) is 1. The van der Waals surface area contributed by atoms with Gasteiger partial charge in [-0.15, -0.1) is 0 Å². The number of amides is 2. The second kappa shape index (κ2) is 8.11. The summed E-state index contributed by atoms with van der Waals surface area (Å²) in [6, 6.07) is 10.7. The van der Waals surface area contributed by atoms with Crippen LogP contribution in [0.1, 0.15) is 22.8 Å². The zero-order valence-corrected chi connectivity index (χ0v) is 15.4. The van der Waals surface area contributed by atoms with Gasteiger partial charge in [-0.2, -0.15) is 0 Å². The van der Waals surface area contributed by atoms with E-state index in [0.717, 1.165) is 5.56 Å². The van der Waals surface area contributed by atoms with Crippen LogP contribution in [0.25, 0.3) is 0 Å². The summed E-state index contributed by atoms with van der Waals surface area (Å²) in [5.74, 6) is -0.728. The minimum atomic E-state index is -0.739. The zero-order chi connectivity index (χ0) is 18.6. The fraction of sp³-hybridized carbons (Fsp3) is 0.222. The molecule has 0 aliphatic carbocycles. The zero-order valence-electron chi connectivity index (χ0n) is 13.8. The van der Waals surface area contributed by atoms with Gasteiger partial charge in [0.15, 0.2) is 6.10 Å². The number of carbonyl (C=O) groups excluding carboxylic acids is 2. The summed E-state index contributed by atoms with van der Waals surface area (Å²) in [7, 11) is 1.66. The van der Waals surface area contributed by atoms with Crippen LogP contribution in [0.2, 0.25) is 0 Å². The van der Waals surface area contributed by atoms with E-state index in [-0.39, 0.29) is 5.91 Å². The minimum absolute atomic E-state index is 0.227. The number of rotatable bonds is 6. The fourth-order valence-corrected chi connectivity index (χ4v) is 2.69. The van der Waals surface area contributed by atoms with Crippen molar-refractivity contribution in [1.29, 1.82) is 0 Å². The lowest BCUT2D eigenvalue weighted by Crippen LogP contribution is -2.37. The molecule has 0 aromatic heterocycles. The van der Waals surface area contributed by atoms with Gasteiger partial charge >= 0.3 is 0 Å². The molecule has 0 aliphatic heterocycles. The van der Waals surface area contributed by atoms with Crippen molar-refractivity contribution in [3.63, 3.8) is 0 Å². The maximum Gasteiger partial charge on any atom is 0.263 e. The normalized spacial score (nSPS) is 11.7. The van der Waals surface area contributed by atoms with Crippen molar-refractivity contribution >= 4 is 27.7 Å². The molecule has 0 saturated carbocycles. The number of ether oxygens (including phenoxy) is 1. The van der Waals surface area contributed by atoms with Crippen LogP contribution in [-0.4, -0.2) is 29.9 Å². The first kappa shape index (κ1) is 18.9. The highest BCUT2D eigenvalue weighted by Gasteiger charge is 2.20. The Bertz CT molecular complexity index is 780. The predicted molar refractivity (Wildman–Crippen MR) is 95.6 cm³/mol. The molecule has 132 valence electrons. The third kappa shape index (κ3) is 5.03. The monoisotopic (exact) mass is 408 g/mol. The lowest BCUT2D eigenvalue weighted by molar-refractivity contribution is -0.137. The molecule has 7 heteroatoms. The Labute approximate surface area is 153 Å². The van der Waals surface area contributed by atoms with E-state index < -0.39 is 17.8 Å². The van der Waals surface area contributed by atoms with Crippen LogP contribution in [0.5, 0.6) is 5.75 Å². The van der Waals surface area contributed by atoms with Crippen LogP contribution in [0.15, 0.2) is 46.9 Å². The van der Waals surface area contributed by atoms with E-state index in [1.807, 2.05) is 0 Å². The number of primary amides is 1. The quantitative estimate of drug-likeness (QED) is 0.797. The van der Waals surface area contributed by atoms with Gasteiger partial charge in [0.25, 0.3) is 5.91 Å². The summed E-state index contributed by atoms with van der Waals surface area (Å²) in [6.07, 6.45) is -0.739. The maximum absolute atomic E-state index is 13.1. The Balaban J connectivity index is 1.99. The molecule has 0 unspecified atom stereocenters. The van der Waals surface area contributed by atoms with E-state index in [1.54, 1.807) is 38.2 Å². The molecule has 0 bridgehead atoms. The minimum Gasteiger partial charge on any atom is -0.480 e. The summed E-state index contributed by atoms with van der Waals surface area (Å²) < 4.78 is 19.1. The summed E-state index contributed by atoms with van der Waals surface area (Å²) in [5, 5.41) is 0. The molecular formula is C18H18BrFN2O3. The lowest BCUT2D eigenvalue weighted by atomic mass is 10.1. The standard InChI is InChI=1S/C18H18BrFN2O3/c1-11(25-16-8-7-14(20)9-15(16)19)18(24)22(2)10-12-3-5-13(6-4-12)17(21)23/h3-9,11H,10H2,1-2H3,(H2,21,23)/t11-/m1/s1. The van der Waals surface area contributed by atoms with Crippen molar-refractivity contribution < 1.29 is 18.7 Å². The molecule has 2 aromatic carbocycles. The van der Waals surface area contributed by atoms with Crippen molar-refractivity contribution in [3.8, 4) is 5.75 Å². The smallest absolute Gasteiger partial charge is 0.263 e. The number of likely N-dealkylation sites (N-methyl/N-ethyl adjacent to an activating group) is 1. The number of benzene rings is 2. The van der Waals surface area contributed by atoms with E-state index in [2.05, 4.69) is 15.9 Å². The van der Waals surface area contributed by atoms with Crippen LogP contribution in [0, 0.1) is 5.82 Å². The molecule has 0 saturated heterocycles. The van der Waals surface area contributed by atoms with E-state index in [4.69, 9.17) is 10.5 Å². The van der Waals surface area contributed by atoms with Crippen LogP contribution in [0.3, 0.4) is 0 Å². The topological polar surface area (TPSA) is 72.6 Å². The van der Waals surface area contributed by atoms with Gasteiger partial charge in [0, 0.05) is 19.2 Å². The second-order valence-corrected chi connectivity index (χ2v) is 6.44. The molecule has 5 nitrogen and oxygen atoms in total. The first-order chi connectivity index (χ1) is 11.8. The third-order valence-corrected chi connectivity index (χ3v) is 4.20. The highest BCUT2D eigenvalue weighted by molar-refractivity contribution is 9.10. The number of carbonyl (C=O) groups is 2. The molecule has 2 N–H and O–H groups in total. The Hall–Kier alpha value is -2.41. The molecule has 2 aromatic rings. The summed E-state index contributed by atoms with van der Waals surface area (Å²) in [5.41, 5.74) is 6.47. The average Bonchev–Trinajstić information content (AvgIpc) is 2.57. The Morgan fingerprint density at radius 3 is 2.44 bits per heavy atom. The first-order valence-electron chi connectivity index (χ1n) is 7.53. The van der Waals surface area contributed by atoms with Crippen LogP contribution < -0.4 is 10.5 Å². The van der Waals surface area contributed by atoms with Crippen molar-refractivity contribution in [2.75, 3.05) is 7.05 Å².